The van der Waals surface area contributed by atoms with Gasteiger partial charge in [0.1, 0.15) is 0 Å². The molecule has 0 saturated carbocycles. The van der Waals surface area contributed by atoms with Crippen LogP contribution in [0.4, 0.5) is 0 Å². The third-order valence-electron chi connectivity index (χ3n) is 2.25. The fourth-order valence-electron chi connectivity index (χ4n) is 1.63. The summed E-state index contributed by atoms with van der Waals surface area (Å²) in [6, 6.07) is 7.75. The number of primary amides is 1. The number of nitrogens with two attached hydrogens (primary N) is 1. The maximum absolute atomic E-state index is 11.0. The molecule has 1 atom stereocenters. The second-order valence-corrected chi connectivity index (χ2v) is 3.10. The molecule has 1 aromatic carbocycles. The van der Waals surface area contributed by atoms with Gasteiger partial charge in [0.2, 0.25) is 0 Å². The third kappa shape index (κ3) is 1.42. The van der Waals surface area contributed by atoms with Gasteiger partial charge in [-0.15, -0.1) is 0 Å². The van der Waals surface area contributed by atoms with Gasteiger partial charge in [-0.2, -0.15) is 0 Å². The first-order valence-corrected chi connectivity index (χ1v) is 4.28. The third-order valence-corrected chi connectivity index (χ3v) is 2.25. The summed E-state index contributed by atoms with van der Waals surface area (Å²) in [6.45, 7) is 0.574. The van der Waals surface area contributed by atoms with Gasteiger partial charge in [-0.3, -0.25) is 4.79 Å². The number of ether oxygens (including phenoxy) is 1. The van der Waals surface area contributed by atoms with Crippen molar-refractivity contribution in [1.29, 1.82) is 0 Å². The van der Waals surface area contributed by atoms with E-state index < -0.39 is 12.0 Å². The highest BCUT2D eigenvalue weighted by Crippen LogP contribution is 2.26. The van der Waals surface area contributed by atoms with E-state index in [0.717, 1.165) is 17.5 Å². The van der Waals surface area contributed by atoms with Crippen molar-refractivity contribution >= 4 is 5.91 Å². The Kier molecular flexibility index (Phi) is 2.02. The molecule has 2 N–H and O–H groups in total. The number of carbonyl (C=O) groups excluding carboxylic acids is 1. The molecule has 0 radical (unpaired) electrons. The Morgan fingerprint density at radius 1 is 1.46 bits per heavy atom. The Labute approximate surface area is 76.5 Å². The highest BCUT2D eigenvalue weighted by atomic mass is 16.5. The van der Waals surface area contributed by atoms with Crippen LogP contribution in [-0.4, -0.2) is 12.5 Å². The van der Waals surface area contributed by atoms with E-state index in [4.69, 9.17) is 10.5 Å². The molecule has 1 amide bonds. The van der Waals surface area contributed by atoms with Crippen LogP contribution in [0.2, 0.25) is 0 Å². The molecule has 1 aliphatic rings. The molecule has 3 heteroatoms. The van der Waals surface area contributed by atoms with Crippen LogP contribution in [0, 0.1) is 0 Å². The predicted molar refractivity (Wildman–Crippen MR) is 48.0 cm³/mol. The lowest BCUT2D eigenvalue weighted by molar-refractivity contribution is -0.130. The minimum absolute atomic E-state index is 0.410. The standard InChI is InChI=1S/C10H11NO2/c11-10(12)9-8-4-2-1-3-7(8)5-6-13-9/h1-4,9H,5-6H2,(H2,11,12)/t9-/m1/s1. The molecular formula is C10H11NO2. The number of carbonyl (C=O) groups is 1. The van der Waals surface area contributed by atoms with Crippen LogP contribution in [0.5, 0.6) is 0 Å². The van der Waals surface area contributed by atoms with Gasteiger partial charge in [0.25, 0.3) is 5.91 Å². The smallest absolute Gasteiger partial charge is 0.251 e. The van der Waals surface area contributed by atoms with E-state index in [-0.39, 0.29) is 0 Å². The van der Waals surface area contributed by atoms with Gasteiger partial charge in [0, 0.05) is 0 Å². The highest BCUT2D eigenvalue weighted by Gasteiger charge is 2.24. The molecule has 1 aromatic rings. The van der Waals surface area contributed by atoms with Gasteiger partial charge < -0.3 is 10.5 Å². The van der Waals surface area contributed by atoms with Crippen molar-refractivity contribution < 1.29 is 9.53 Å². The molecular weight excluding hydrogens is 166 g/mol. The van der Waals surface area contributed by atoms with E-state index in [0.29, 0.717) is 6.61 Å². The minimum Gasteiger partial charge on any atom is -0.367 e. The molecule has 0 aromatic heterocycles. The Hall–Kier alpha value is -1.35. The van der Waals surface area contributed by atoms with Gasteiger partial charge in [-0.05, 0) is 17.5 Å². The van der Waals surface area contributed by atoms with Crippen molar-refractivity contribution in [1.82, 2.24) is 0 Å². The summed E-state index contributed by atoms with van der Waals surface area (Å²) in [4.78, 5) is 11.0. The van der Waals surface area contributed by atoms with Crippen molar-refractivity contribution in [2.45, 2.75) is 12.5 Å². The van der Waals surface area contributed by atoms with Crippen LogP contribution < -0.4 is 5.73 Å². The van der Waals surface area contributed by atoms with E-state index in [1.807, 2.05) is 24.3 Å². The van der Waals surface area contributed by atoms with Gasteiger partial charge >= 0.3 is 0 Å². The Morgan fingerprint density at radius 3 is 3.00 bits per heavy atom. The zero-order chi connectivity index (χ0) is 9.26. The Balaban J connectivity index is 2.42. The average Bonchev–Trinajstić information content (AvgIpc) is 2.17. The number of hydrogen-bond donors (Lipinski definition) is 1. The molecule has 0 saturated heterocycles. The van der Waals surface area contributed by atoms with E-state index in [9.17, 15) is 4.79 Å². The van der Waals surface area contributed by atoms with Crippen molar-refractivity contribution in [2.24, 2.45) is 5.73 Å². The maximum atomic E-state index is 11.0. The van der Waals surface area contributed by atoms with Crippen LogP contribution in [0.25, 0.3) is 0 Å². The van der Waals surface area contributed by atoms with Crippen LogP contribution >= 0.6 is 0 Å². The molecule has 0 fully saturated rings. The second kappa shape index (κ2) is 3.18. The van der Waals surface area contributed by atoms with Crippen LogP contribution in [-0.2, 0) is 16.0 Å². The molecule has 0 aliphatic carbocycles. The highest BCUT2D eigenvalue weighted by molar-refractivity contribution is 5.81. The molecule has 13 heavy (non-hydrogen) atoms. The van der Waals surface area contributed by atoms with Crippen molar-refractivity contribution in [3.8, 4) is 0 Å². The van der Waals surface area contributed by atoms with Crippen molar-refractivity contribution in [2.75, 3.05) is 6.61 Å². The summed E-state index contributed by atoms with van der Waals surface area (Å²) >= 11 is 0. The first-order chi connectivity index (χ1) is 6.29. The van der Waals surface area contributed by atoms with Crippen LogP contribution in [0.3, 0.4) is 0 Å². The van der Waals surface area contributed by atoms with Crippen molar-refractivity contribution in [3.63, 3.8) is 0 Å². The molecule has 0 bridgehead atoms. The number of benzene rings is 1. The number of fused-ring (bicyclic) bond motifs is 1. The summed E-state index contributed by atoms with van der Waals surface area (Å²) in [6.07, 6.45) is 0.310. The van der Waals surface area contributed by atoms with Gasteiger partial charge in [-0.1, -0.05) is 24.3 Å². The lowest BCUT2D eigenvalue weighted by Gasteiger charge is -2.23. The SMILES string of the molecule is NC(=O)[C@@H]1OCCc2ccccc21. The first-order valence-electron chi connectivity index (χ1n) is 4.28. The number of amides is 1. The summed E-state index contributed by atoms with van der Waals surface area (Å²) in [5.74, 6) is -0.410. The quantitative estimate of drug-likeness (QED) is 0.689. The molecule has 0 unspecified atom stereocenters. The van der Waals surface area contributed by atoms with Gasteiger partial charge in [0.05, 0.1) is 6.61 Å². The molecule has 2 rings (SSSR count). The lowest BCUT2D eigenvalue weighted by atomic mass is 9.97. The minimum atomic E-state index is -0.551. The van der Waals surface area contributed by atoms with Crippen molar-refractivity contribution in [3.05, 3.63) is 35.4 Å². The predicted octanol–water partition coefficient (Wildman–Crippen LogP) is 0.786. The molecule has 3 nitrogen and oxygen atoms in total. The van der Waals surface area contributed by atoms with Gasteiger partial charge in [-0.25, -0.2) is 0 Å². The average molecular weight is 177 g/mol. The number of hydrogen-bond acceptors (Lipinski definition) is 2. The fourth-order valence-corrected chi connectivity index (χ4v) is 1.63. The zero-order valence-corrected chi connectivity index (χ0v) is 7.19. The van der Waals surface area contributed by atoms with Gasteiger partial charge in [0.15, 0.2) is 6.10 Å². The summed E-state index contributed by atoms with van der Waals surface area (Å²) in [7, 11) is 0. The lowest BCUT2D eigenvalue weighted by Crippen LogP contribution is -2.28. The largest absolute Gasteiger partial charge is 0.367 e. The molecule has 1 heterocycles. The first kappa shape index (κ1) is 8.26. The molecule has 68 valence electrons. The van der Waals surface area contributed by atoms with Crippen LogP contribution in [0.15, 0.2) is 24.3 Å². The fraction of sp³-hybridized carbons (Fsp3) is 0.300. The topological polar surface area (TPSA) is 52.3 Å². The van der Waals surface area contributed by atoms with E-state index in [1.165, 1.54) is 0 Å². The van der Waals surface area contributed by atoms with E-state index in [1.54, 1.807) is 0 Å². The van der Waals surface area contributed by atoms with Crippen LogP contribution in [0.1, 0.15) is 17.2 Å². The zero-order valence-electron chi connectivity index (χ0n) is 7.19. The molecule has 0 spiro atoms. The second-order valence-electron chi connectivity index (χ2n) is 3.10. The Morgan fingerprint density at radius 2 is 2.23 bits per heavy atom. The summed E-state index contributed by atoms with van der Waals surface area (Å²) in [5, 5.41) is 0. The number of rotatable bonds is 1. The normalized spacial score (nSPS) is 20.8. The van der Waals surface area contributed by atoms with E-state index >= 15 is 0 Å². The monoisotopic (exact) mass is 177 g/mol. The molecule has 1 aliphatic heterocycles. The summed E-state index contributed by atoms with van der Waals surface area (Å²) in [5.41, 5.74) is 7.30. The van der Waals surface area contributed by atoms with E-state index in [2.05, 4.69) is 0 Å². The Bertz CT molecular complexity index is 335. The summed E-state index contributed by atoms with van der Waals surface area (Å²) < 4.78 is 5.29. The maximum Gasteiger partial charge on any atom is 0.251 e.